The van der Waals surface area contributed by atoms with Crippen molar-refractivity contribution in [3.8, 4) is 11.4 Å². The first-order valence-corrected chi connectivity index (χ1v) is 9.08. The molecule has 0 spiro atoms. The molecule has 1 aromatic heterocycles. The Morgan fingerprint density at radius 2 is 1.72 bits per heavy atom. The second-order valence-electron chi connectivity index (χ2n) is 6.07. The highest BCUT2D eigenvalue weighted by molar-refractivity contribution is 6.40. The average Bonchev–Trinajstić information content (AvgIpc) is 3.27. The summed E-state index contributed by atoms with van der Waals surface area (Å²) in [5, 5.41) is 6.86. The molecule has 29 heavy (non-hydrogen) atoms. The van der Waals surface area contributed by atoms with Crippen molar-refractivity contribution in [1.82, 2.24) is 9.99 Å². The number of hydrogen-bond acceptors (Lipinski definition) is 4. The lowest BCUT2D eigenvalue weighted by Crippen LogP contribution is -2.33. The topological polar surface area (TPSA) is 84.7 Å². The summed E-state index contributed by atoms with van der Waals surface area (Å²) in [5.74, 6) is -1.40. The number of aromatic nitrogens is 1. The Labute approximate surface area is 172 Å². The third kappa shape index (κ3) is 5.03. The normalized spacial score (nSPS) is 11.1. The first-order chi connectivity index (χ1) is 14.0. The molecule has 148 valence electrons. The lowest BCUT2D eigenvalue weighted by Gasteiger charge is -2.10. The minimum Gasteiger partial charge on any atom is -0.495 e. The molecule has 8 heteroatoms. The van der Waals surface area contributed by atoms with Crippen LogP contribution in [0.15, 0.2) is 72.1 Å². The zero-order valence-corrected chi connectivity index (χ0v) is 16.6. The Morgan fingerprint density at radius 1 is 1.03 bits per heavy atom. The minimum absolute atomic E-state index is 0.293. The summed E-state index contributed by atoms with van der Waals surface area (Å²) in [7, 11) is 1.45. The number of benzene rings is 2. The lowest BCUT2D eigenvalue weighted by molar-refractivity contribution is -0.136. The summed E-state index contributed by atoms with van der Waals surface area (Å²) < 4.78 is 7.12. The Hall–Kier alpha value is -3.58. The SMILES string of the molecule is COc1ccc(Cl)cc1NC(=O)C(=O)N/N=C(/C)c1ccc(-n2cccc2)cc1. The number of nitrogens with zero attached hydrogens (tertiary/aromatic N) is 2. The molecule has 2 amide bonds. The van der Waals surface area contributed by atoms with Gasteiger partial charge >= 0.3 is 11.8 Å². The van der Waals surface area contributed by atoms with Gasteiger partial charge in [0.25, 0.3) is 0 Å². The number of amides is 2. The van der Waals surface area contributed by atoms with Gasteiger partial charge in [0.15, 0.2) is 0 Å². The second kappa shape index (κ2) is 9.07. The van der Waals surface area contributed by atoms with Crippen molar-refractivity contribution in [2.24, 2.45) is 5.10 Å². The fourth-order valence-corrected chi connectivity index (χ4v) is 2.76. The molecule has 0 saturated heterocycles. The third-order valence-corrected chi connectivity index (χ3v) is 4.36. The maximum atomic E-state index is 12.1. The van der Waals surface area contributed by atoms with Crippen molar-refractivity contribution in [2.45, 2.75) is 6.92 Å². The molecule has 3 rings (SSSR count). The molecule has 0 unspecified atom stereocenters. The van der Waals surface area contributed by atoms with Crippen LogP contribution in [-0.4, -0.2) is 29.2 Å². The van der Waals surface area contributed by atoms with Crippen molar-refractivity contribution in [2.75, 3.05) is 12.4 Å². The molecule has 0 atom stereocenters. The van der Waals surface area contributed by atoms with E-state index in [-0.39, 0.29) is 0 Å². The van der Waals surface area contributed by atoms with Gasteiger partial charge in [0.1, 0.15) is 5.75 Å². The van der Waals surface area contributed by atoms with Crippen molar-refractivity contribution in [1.29, 1.82) is 0 Å². The van der Waals surface area contributed by atoms with Gasteiger partial charge < -0.3 is 14.6 Å². The Bertz CT molecular complexity index is 1040. The number of hydrogen-bond donors (Lipinski definition) is 2. The predicted molar refractivity (Wildman–Crippen MR) is 113 cm³/mol. The highest BCUT2D eigenvalue weighted by Gasteiger charge is 2.16. The molecule has 7 nitrogen and oxygen atoms in total. The van der Waals surface area contributed by atoms with E-state index in [9.17, 15) is 9.59 Å². The molecule has 2 N–H and O–H groups in total. The van der Waals surface area contributed by atoms with Crippen LogP contribution >= 0.6 is 11.6 Å². The molecular formula is C21H19ClN4O3. The van der Waals surface area contributed by atoms with Crippen LogP contribution in [0.3, 0.4) is 0 Å². The van der Waals surface area contributed by atoms with Crippen LogP contribution < -0.4 is 15.5 Å². The van der Waals surface area contributed by atoms with Crippen LogP contribution in [0.1, 0.15) is 12.5 Å². The van der Waals surface area contributed by atoms with Crippen LogP contribution in [0.2, 0.25) is 5.02 Å². The molecule has 0 saturated carbocycles. The van der Waals surface area contributed by atoms with Crippen molar-refractivity contribution >= 4 is 34.8 Å². The maximum absolute atomic E-state index is 12.1. The average molecular weight is 411 g/mol. The number of halogens is 1. The molecule has 0 bridgehead atoms. The Balaban J connectivity index is 1.63. The number of rotatable bonds is 5. The van der Waals surface area contributed by atoms with E-state index in [2.05, 4.69) is 15.8 Å². The predicted octanol–water partition coefficient (Wildman–Crippen LogP) is 3.62. The minimum atomic E-state index is -0.907. The van der Waals surface area contributed by atoms with E-state index in [1.165, 1.54) is 13.2 Å². The Morgan fingerprint density at radius 3 is 2.38 bits per heavy atom. The molecule has 0 aliphatic heterocycles. The van der Waals surface area contributed by atoms with Gasteiger partial charge in [-0.25, -0.2) is 5.43 Å². The van der Waals surface area contributed by atoms with Crippen LogP contribution in [0.5, 0.6) is 5.75 Å². The van der Waals surface area contributed by atoms with E-state index < -0.39 is 11.8 Å². The first kappa shape index (κ1) is 20.2. The molecular weight excluding hydrogens is 392 g/mol. The standard InChI is InChI=1S/C21H19ClN4O3/c1-14(15-5-8-17(9-6-15)26-11-3-4-12-26)24-25-21(28)20(27)23-18-13-16(22)7-10-19(18)29-2/h3-13H,1-2H3,(H,23,27)(H,25,28)/b24-14-. The smallest absolute Gasteiger partial charge is 0.329 e. The zero-order chi connectivity index (χ0) is 20.8. The molecule has 1 heterocycles. The number of carbonyl (C=O) groups excluding carboxylic acids is 2. The van der Waals surface area contributed by atoms with Crippen molar-refractivity contribution in [3.05, 3.63) is 77.6 Å². The van der Waals surface area contributed by atoms with Crippen LogP contribution in [0, 0.1) is 0 Å². The Kier molecular flexibility index (Phi) is 6.31. The molecule has 0 aliphatic carbocycles. The summed E-state index contributed by atoms with van der Waals surface area (Å²) in [6.07, 6.45) is 3.90. The summed E-state index contributed by atoms with van der Waals surface area (Å²) in [6.45, 7) is 1.74. The molecule has 2 aromatic carbocycles. The molecule has 3 aromatic rings. The second-order valence-corrected chi connectivity index (χ2v) is 6.51. The van der Waals surface area contributed by atoms with Crippen LogP contribution in [-0.2, 0) is 9.59 Å². The van der Waals surface area contributed by atoms with E-state index in [0.29, 0.717) is 22.2 Å². The largest absolute Gasteiger partial charge is 0.495 e. The van der Waals surface area contributed by atoms with Gasteiger partial charge in [-0.3, -0.25) is 9.59 Å². The van der Waals surface area contributed by atoms with Gasteiger partial charge in [-0.15, -0.1) is 0 Å². The highest BCUT2D eigenvalue weighted by Crippen LogP contribution is 2.27. The summed E-state index contributed by atoms with van der Waals surface area (Å²) in [6, 6.07) is 16.2. The summed E-state index contributed by atoms with van der Waals surface area (Å²) in [5.41, 5.74) is 4.93. The fourth-order valence-electron chi connectivity index (χ4n) is 2.59. The van der Waals surface area contributed by atoms with Gasteiger partial charge in [-0.1, -0.05) is 23.7 Å². The van der Waals surface area contributed by atoms with Gasteiger partial charge in [-0.05, 0) is 55.0 Å². The van der Waals surface area contributed by atoms with E-state index in [1.54, 1.807) is 19.1 Å². The lowest BCUT2D eigenvalue weighted by atomic mass is 10.1. The molecule has 0 radical (unpaired) electrons. The summed E-state index contributed by atoms with van der Waals surface area (Å²) >= 11 is 5.92. The number of methoxy groups -OCH3 is 1. The monoisotopic (exact) mass is 410 g/mol. The molecule has 0 fully saturated rings. The quantitative estimate of drug-likeness (QED) is 0.382. The van der Waals surface area contributed by atoms with E-state index in [4.69, 9.17) is 16.3 Å². The van der Waals surface area contributed by atoms with E-state index >= 15 is 0 Å². The van der Waals surface area contributed by atoms with Crippen LogP contribution in [0.25, 0.3) is 5.69 Å². The number of carbonyl (C=O) groups is 2. The van der Waals surface area contributed by atoms with Gasteiger partial charge in [0, 0.05) is 23.1 Å². The fraction of sp³-hybridized carbons (Fsp3) is 0.0952. The number of anilines is 1. The van der Waals surface area contributed by atoms with Gasteiger partial charge in [0.05, 0.1) is 18.5 Å². The van der Waals surface area contributed by atoms with E-state index in [0.717, 1.165) is 11.3 Å². The van der Waals surface area contributed by atoms with Gasteiger partial charge in [-0.2, -0.15) is 5.10 Å². The van der Waals surface area contributed by atoms with Crippen molar-refractivity contribution in [3.63, 3.8) is 0 Å². The third-order valence-electron chi connectivity index (χ3n) is 4.13. The van der Waals surface area contributed by atoms with Gasteiger partial charge in [0.2, 0.25) is 0 Å². The van der Waals surface area contributed by atoms with Crippen LogP contribution in [0.4, 0.5) is 5.69 Å². The maximum Gasteiger partial charge on any atom is 0.329 e. The number of nitrogens with one attached hydrogen (secondary N) is 2. The molecule has 0 aliphatic rings. The highest BCUT2D eigenvalue weighted by atomic mass is 35.5. The number of hydrazone groups is 1. The van der Waals surface area contributed by atoms with Crippen molar-refractivity contribution < 1.29 is 14.3 Å². The number of ether oxygens (including phenoxy) is 1. The zero-order valence-electron chi connectivity index (χ0n) is 15.8. The summed E-state index contributed by atoms with van der Waals surface area (Å²) in [4.78, 5) is 24.2. The van der Waals surface area contributed by atoms with E-state index in [1.807, 2.05) is 53.4 Å². The first-order valence-electron chi connectivity index (χ1n) is 8.71.